The molecule has 2 N–H and O–H groups in total. The van der Waals surface area contributed by atoms with Crippen LogP contribution in [0.4, 0.5) is 15.8 Å². The molecule has 0 bridgehead atoms. The predicted octanol–water partition coefficient (Wildman–Crippen LogP) is 4.18. The molecule has 2 rings (SSSR count). The van der Waals surface area contributed by atoms with Gasteiger partial charge in [0.05, 0.1) is 6.54 Å². The fraction of sp³-hybridized carbons (Fsp3) is 0.0714. The van der Waals surface area contributed by atoms with Crippen LogP contribution in [-0.4, -0.2) is 12.5 Å². The molecular weight excluding hydrogens is 302 g/mol. The number of benzene rings is 2. The first kappa shape index (κ1) is 14.6. The standard InChI is InChI=1S/C14H11Cl2FN2O/c15-9-2-1-3-12(5-9)19-14(20)8-18-13-6-10(16)4-11(17)7-13/h1-7,18H,8H2,(H,19,20). The molecule has 104 valence electrons. The highest BCUT2D eigenvalue weighted by molar-refractivity contribution is 6.31. The summed E-state index contributed by atoms with van der Waals surface area (Å²) in [6, 6.07) is 10.8. The van der Waals surface area contributed by atoms with Crippen molar-refractivity contribution in [2.45, 2.75) is 0 Å². The van der Waals surface area contributed by atoms with Gasteiger partial charge in [-0.05, 0) is 36.4 Å². The van der Waals surface area contributed by atoms with Crippen molar-refractivity contribution in [3.05, 3.63) is 58.3 Å². The lowest BCUT2D eigenvalue weighted by Crippen LogP contribution is -2.21. The SMILES string of the molecule is O=C(CNc1cc(F)cc(Cl)c1)Nc1cccc(Cl)c1. The second-order valence-electron chi connectivity index (χ2n) is 4.07. The molecule has 0 radical (unpaired) electrons. The summed E-state index contributed by atoms with van der Waals surface area (Å²) in [5.74, 6) is -0.733. The maximum Gasteiger partial charge on any atom is 0.243 e. The Hall–Kier alpha value is -1.78. The van der Waals surface area contributed by atoms with Gasteiger partial charge in [0.1, 0.15) is 5.82 Å². The Morgan fingerprint density at radius 2 is 1.80 bits per heavy atom. The first-order valence-corrected chi connectivity index (χ1v) is 6.54. The number of rotatable bonds is 4. The minimum Gasteiger partial charge on any atom is -0.376 e. The van der Waals surface area contributed by atoms with E-state index in [2.05, 4.69) is 10.6 Å². The van der Waals surface area contributed by atoms with Crippen molar-refractivity contribution in [3.8, 4) is 0 Å². The average Bonchev–Trinajstić information content (AvgIpc) is 2.35. The molecule has 6 heteroatoms. The van der Waals surface area contributed by atoms with Gasteiger partial charge in [0, 0.05) is 21.4 Å². The van der Waals surface area contributed by atoms with Crippen molar-refractivity contribution in [2.24, 2.45) is 0 Å². The highest BCUT2D eigenvalue weighted by Gasteiger charge is 2.04. The van der Waals surface area contributed by atoms with Gasteiger partial charge in [0.25, 0.3) is 0 Å². The first-order chi connectivity index (χ1) is 9.52. The van der Waals surface area contributed by atoms with Crippen LogP contribution in [0.2, 0.25) is 10.0 Å². The van der Waals surface area contributed by atoms with E-state index in [1.807, 2.05) is 0 Å². The number of hydrogen-bond donors (Lipinski definition) is 2. The second kappa shape index (κ2) is 6.59. The molecule has 3 nitrogen and oxygen atoms in total. The highest BCUT2D eigenvalue weighted by Crippen LogP contribution is 2.18. The minimum atomic E-state index is -0.463. The van der Waals surface area contributed by atoms with E-state index < -0.39 is 5.82 Å². The molecule has 1 amide bonds. The van der Waals surface area contributed by atoms with Gasteiger partial charge in [-0.15, -0.1) is 0 Å². The summed E-state index contributed by atoms with van der Waals surface area (Å²) in [6.45, 7) is -0.00764. The Balaban J connectivity index is 1.92. The lowest BCUT2D eigenvalue weighted by Gasteiger charge is -2.08. The third-order valence-electron chi connectivity index (χ3n) is 2.42. The molecule has 2 aromatic rings. The van der Waals surface area contributed by atoms with Gasteiger partial charge in [0.2, 0.25) is 5.91 Å². The van der Waals surface area contributed by atoms with E-state index in [1.165, 1.54) is 18.2 Å². The number of carbonyl (C=O) groups excluding carboxylic acids is 1. The molecule has 0 aliphatic heterocycles. The van der Waals surface area contributed by atoms with Crippen LogP contribution >= 0.6 is 23.2 Å². The van der Waals surface area contributed by atoms with E-state index >= 15 is 0 Å². The van der Waals surface area contributed by atoms with Gasteiger partial charge in [0.15, 0.2) is 0 Å². The summed E-state index contributed by atoms with van der Waals surface area (Å²) in [6.07, 6.45) is 0. The predicted molar refractivity (Wildman–Crippen MR) is 80.0 cm³/mol. The van der Waals surface area contributed by atoms with E-state index in [9.17, 15) is 9.18 Å². The van der Waals surface area contributed by atoms with Crippen LogP contribution in [0.3, 0.4) is 0 Å². The molecule has 20 heavy (non-hydrogen) atoms. The molecule has 0 unspecified atom stereocenters. The zero-order valence-corrected chi connectivity index (χ0v) is 11.8. The monoisotopic (exact) mass is 312 g/mol. The summed E-state index contributed by atoms with van der Waals surface area (Å²) in [5.41, 5.74) is 1.04. The summed E-state index contributed by atoms with van der Waals surface area (Å²) < 4.78 is 13.1. The van der Waals surface area contributed by atoms with Crippen molar-refractivity contribution < 1.29 is 9.18 Å². The summed E-state index contributed by atoms with van der Waals surface area (Å²) in [7, 11) is 0. The van der Waals surface area contributed by atoms with Gasteiger partial charge < -0.3 is 10.6 Å². The Morgan fingerprint density at radius 3 is 2.50 bits per heavy atom. The molecule has 0 saturated carbocycles. The number of anilines is 2. The second-order valence-corrected chi connectivity index (χ2v) is 4.94. The third-order valence-corrected chi connectivity index (χ3v) is 2.88. The molecule has 0 fully saturated rings. The molecule has 0 saturated heterocycles. The van der Waals surface area contributed by atoms with E-state index in [0.29, 0.717) is 16.4 Å². The van der Waals surface area contributed by atoms with Crippen molar-refractivity contribution in [3.63, 3.8) is 0 Å². The van der Waals surface area contributed by atoms with Crippen LogP contribution < -0.4 is 10.6 Å². The lowest BCUT2D eigenvalue weighted by atomic mass is 10.3. The molecule has 0 atom stereocenters. The normalized spacial score (nSPS) is 10.2. The minimum absolute atomic E-state index is 0.00764. The van der Waals surface area contributed by atoms with Gasteiger partial charge in [-0.2, -0.15) is 0 Å². The van der Waals surface area contributed by atoms with Crippen LogP contribution in [0.25, 0.3) is 0 Å². The van der Waals surface area contributed by atoms with Gasteiger partial charge >= 0.3 is 0 Å². The quantitative estimate of drug-likeness (QED) is 0.889. The van der Waals surface area contributed by atoms with Crippen LogP contribution in [0, 0.1) is 5.82 Å². The molecule has 0 spiro atoms. The van der Waals surface area contributed by atoms with Crippen LogP contribution in [0.1, 0.15) is 0 Å². The van der Waals surface area contributed by atoms with Crippen molar-refractivity contribution in [1.82, 2.24) is 0 Å². The molecule has 0 aliphatic carbocycles. The van der Waals surface area contributed by atoms with Crippen molar-refractivity contribution in [2.75, 3.05) is 17.2 Å². The third kappa shape index (κ3) is 4.40. The lowest BCUT2D eigenvalue weighted by molar-refractivity contribution is -0.114. The zero-order valence-electron chi connectivity index (χ0n) is 10.3. The van der Waals surface area contributed by atoms with Gasteiger partial charge in [-0.3, -0.25) is 4.79 Å². The number of carbonyl (C=O) groups is 1. The van der Waals surface area contributed by atoms with Crippen molar-refractivity contribution in [1.29, 1.82) is 0 Å². The topological polar surface area (TPSA) is 41.1 Å². The van der Waals surface area contributed by atoms with Crippen LogP contribution in [0.15, 0.2) is 42.5 Å². The van der Waals surface area contributed by atoms with Crippen LogP contribution in [-0.2, 0) is 4.79 Å². The van der Waals surface area contributed by atoms with E-state index in [0.717, 1.165) is 0 Å². The van der Waals surface area contributed by atoms with E-state index in [4.69, 9.17) is 23.2 Å². The summed E-state index contributed by atoms with van der Waals surface area (Å²) in [4.78, 5) is 11.7. The fourth-order valence-corrected chi connectivity index (χ4v) is 2.02. The number of nitrogens with one attached hydrogen (secondary N) is 2. The molecule has 2 aromatic carbocycles. The molecule has 0 aliphatic rings. The summed E-state index contributed by atoms with van der Waals surface area (Å²) >= 11 is 11.5. The zero-order chi connectivity index (χ0) is 14.5. The van der Waals surface area contributed by atoms with Crippen LogP contribution in [0.5, 0.6) is 0 Å². The van der Waals surface area contributed by atoms with Gasteiger partial charge in [-0.1, -0.05) is 29.3 Å². The van der Waals surface area contributed by atoms with Gasteiger partial charge in [-0.25, -0.2) is 4.39 Å². The smallest absolute Gasteiger partial charge is 0.243 e. The number of hydrogen-bond acceptors (Lipinski definition) is 2. The highest BCUT2D eigenvalue weighted by atomic mass is 35.5. The number of amides is 1. The maximum absolute atomic E-state index is 13.1. The largest absolute Gasteiger partial charge is 0.376 e. The Kier molecular flexibility index (Phi) is 4.82. The average molecular weight is 313 g/mol. The maximum atomic E-state index is 13.1. The Labute approximate surface area is 125 Å². The molecular formula is C14H11Cl2FN2O. The summed E-state index contributed by atoms with van der Waals surface area (Å²) in [5, 5.41) is 6.26. The molecule has 0 aromatic heterocycles. The molecule has 0 heterocycles. The Morgan fingerprint density at radius 1 is 1.05 bits per heavy atom. The first-order valence-electron chi connectivity index (χ1n) is 5.78. The number of halogens is 3. The fourth-order valence-electron chi connectivity index (χ4n) is 1.61. The van der Waals surface area contributed by atoms with E-state index in [1.54, 1.807) is 24.3 Å². The Bertz CT molecular complexity index is 614. The van der Waals surface area contributed by atoms with Crippen molar-refractivity contribution >= 4 is 40.5 Å². The van der Waals surface area contributed by atoms with E-state index in [-0.39, 0.29) is 17.5 Å².